The summed E-state index contributed by atoms with van der Waals surface area (Å²) < 4.78 is 7.07. The van der Waals surface area contributed by atoms with E-state index >= 15 is 0 Å². The number of benzene rings is 2. The van der Waals surface area contributed by atoms with Gasteiger partial charge in [-0.15, -0.1) is 5.10 Å². The topological polar surface area (TPSA) is 103 Å². The van der Waals surface area contributed by atoms with Gasteiger partial charge in [-0.3, -0.25) is 14.4 Å². The van der Waals surface area contributed by atoms with Crippen LogP contribution >= 0.6 is 0 Å². The van der Waals surface area contributed by atoms with Crippen LogP contribution in [0.2, 0.25) is 0 Å². The second kappa shape index (κ2) is 12.6. The highest BCUT2D eigenvalue weighted by atomic mass is 16.5. The Kier molecular flexibility index (Phi) is 8.64. The maximum atomic E-state index is 13.6. The summed E-state index contributed by atoms with van der Waals surface area (Å²) in [5, 5.41) is 11.7. The molecule has 1 aromatic heterocycles. The van der Waals surface area contributed by atoms with Crippen molar-refractivity contribution < 1.29 is 19.1 Å². The summed E-state index contributed by atoms with van der Waals surface area (Å²) in [6, 6.07) is 9.94. The predicted octanol–water partition coefficient (Wildman–Crippen LogP) is 5.83. The molecule has 3 aliphatic carbocycles. The van der Waals surface area contributed by atoms with E-state index in [-0.39, 0.29) is 42.3 Å². The molecule has 5 unspecified atom stereocenters. The average Bonchev–Trinajstić information content (AvgIpc) is 3.54. The molecule has 0 bridgehead atoms. The quantitative estimate of drug-likeness (QED) is 0.318. The van der Waals surface area contributed by atoms with Gasteiger partial charge in [-0.2, -0.15) is 0 Å². The highest BCUT2D eigenvalue weighted by Crippen LogP contribution is 2.42. The second-order valence-electron chi connectivity index (χ2n) is 13.1. The molecule has 5 atom stereocenters. The highest BCUT2D eigenvalue weighted by Gasteiger charge is 2.35. The van der Waals surface area contributed by atoms with E-state index in [0.29, 0.717) is 24.5 Å². The first-order valence-corrected chi connectivity index (χ1v) is 16.2. The number of hydrogen-bond acceptors (Lipinski definition) is 6. The molecule has 2 fully saturated rings. The van der Waals surface area contributed by atoms with E-state index < -0.39 is 0 Å². The first-order valence-electron chi connectivity index (χ1n) is 16.2. The maximum absolute atomic E-state index is 13.6. The minimum absolute atomic E-state index is 0.0192. The van der Waals surface area contributed by atoms with E-state index in [1.807, 2.05) is 44.3 Å². The molecule has 3 aromatic rings. The average molecular weight is 585 g/mol. The molecular weight excluding hydrogens is 540 g/mol. The van der Waals surface area contributed by atoms with Crippen LogP contribution in [0.3, 0.4) is 0 Å². The van der Waals surface area contributed by atoms with Gasteiger partial charge in [0, 0.05) is 37.4 Å². The Morgan fingerprint density at radius 2 is 1.91 bits per heavy atom. The fourth-order valence-electron chi connectivity index (χ4n) is 8.09. The molecule has 8 heteroatoms. The van der Waals surface area contributed by atoms with Crippen LogP contribution in [0.5, 0.6) is 0 Å². The lowest BCUT2D eigenvalue weighted by Gasteiger charge is -2.39. The number of nitrogens with zero attached hydrogens (tertiary/aromatic N) is 3. The Morgan fingerprint density at radius 3 is 2.72 bits per heavy atom. The van der Waals surface area contributed by atoms with Crippen LogP contribution in [0, 0.1) is 30.6 Å². The molecular formula is C35H44N4O4. The van der Waals surface area contributed by atoms with Gasteiger partial charge in [-0.05, 0) is 91.7 Å². The van der Waals surface area contributed by atoms with Gasteiger partial charge in [0.2, 0.25) is 5.91 Å². The lowest BCUT2D eigenvalue weighted by atomic mass is 9.67. The van der Waals surface area contributed by atoms with Gasteiger partial charge in [0.05, 0.1) is 18.5 Å². The molecule has 0 saturated heterocycles. The fourth-order valence-corrected chi connectivity index (χ4v) is 8.09. The number of ether oxygens (including phenoxy) is 1. The number of esters is 1. The maximum Gasteiger partial charge on any atom is 0.306 e. The molecule has 2 saturated carbocycles. The summed E-state index contributed by atoms with van der Waals surface area (Å²) in [6.45, 7) is 4.83. The number of carbonyl (C=O) groups is 3. The van der Waals surface area contributed by atoms with Gasteiger partial charge in [0.1, 0.15) is 5.52 Å². The molecule has 0 spiro atoms. The van der Waals surface area contributed by atoms with E-state index in [9.17, 15) is 14.4 Å². The van der Waals surface area contributed by atoms with E-state index in [2.05, 4.69) is 15.6 Å². The Labute approximate surface area is 253 Å². The summed E-state index contributed by atoms with van der Waals surface area (Å²) in [4.78, 5) is 39.3. The molecule has 1 N–H and O–H groups in total. The smallest absolute Gasteiger partial charge is 0.306 e. The molecule has 228 valence electrons. The number of hydrogen-bond donors (Lipinski definition) is 1. The molecule has 6 rings (SSSR count). The van der Waals surface area contributed by atoms with Crippen LogP contribution in [0.1, 0.15) is 103 Å². The van der Waals surface area contributed by atoms with Crippen molar-refractivity contribution in [2.45, 2.75) is 84.0 Å². The van der Waals surface area contributed by atoms with Crippen LogP contribution in [0.25, 0.3) is 11.0 Å². The molecule has 8 nitrogen and oxygen atoms in total. The van der Waals surface area contributed by atoms with Gasteiger partial charge in [-0.25, -0.2) is 4.68 Å². The predicted molar refractivity (Wildman–Crippen MR) is 165 cm³/mol. The first-order chi connectivity index (χ1) is 20.8. The van der Waals surface area contributed by atoms with Gasteiger partial charge in [-0.1, -0.05) is 49.1 Å². The number of aryl methyl sites for hydroxylation is 2. The number of carbonyl (C=O) groups excluding carboxylic acids is 3. The van der Waals surface area contributed by atoms with Gasteiger partial charge < -0.3 is 10.1 Å². The zero-order valence-electron chi connectivity index (χ0n) is 25.7. The third-order valence-electron chi connectivity index (χ3n) is 10.4. The second-order valence-corrected chi connectivity index (χ2v) is 13.1. The van der Waals surface area contributed by atoms with Gasteiger partial charge in [0.15, 0.2) is 5.78 Å². The van der Waals surface area contributed by atoms with Crippen molar-refractivity contribution in [2.75, 3.05) is 13.2 Å². The Bertz CT molecular complexity index is 1530. The minimum atomic E-state index is -0.347. The van der Waals surface area contributed by atoms with Crippen molar-refractivity contribution in [2.24, 2.45) is 30.7 Å². The van der Waals surface area contributed by atoms with Gasteiger partial charge >= 0.3 is 5.97 Å². The van der Waals surface area contributed by atoms with Gasteiger partial charge in [0.25, 0.3) is 0 Å². The number of rotatable bonds is 9. The molecule has 1 amide bonds. The number of Topliss-reactive ketones (excluding diaryl/α,β-unsaturated/α-hetero) is 1. The van der Waals surface area contributed by atoms with Crippen LogP contribution in [0.15, 0.2) is 30.3 Å². The number of aromatic nitrogens is 3. The van der Waals surface area contributed by atoms with Crippen molar-refractivity contribution in [3.05, 3.63) is 58.1 Å². The Morgan fingerprint density at radius 1 is 1.09 bits per heavy atom. The van der Waals surface area contributed by atoms with E-state index in [1.54, 1.807) is 11.6 Å². The zero-order valence-corrected chi connectivity index (χ0v) is 25.7. The Balaban J connectivity index is 1.15. The largest absolute Gasteiger partial charge is 0.466 e. The van der Waals surface area contributed by atoms with Crippen LogP contribution < -0.4 is 5.32 Å². The van der Waals surface area contributed by atoms with Crippen LogP contribution in [-0.2, 0) is 27.8 Å². The number of fused-ring (bicyclic) bond motifs is 3. The third kappa shape index (κ3) is 6.11. The molecule has 43 heavy (non-hydrogen) atoms. The normalized spacial score (nSPS) is 23.9. The lowest BCUT2D eigenvalue weighted by Crippen LogP contribution is -2.36. The SMILES string of the molecule is CCOC(=O)CC(c1ccc2c(c1)C(=O)C(CC(=O)NCC1CCC3CCCCC3C1)C2)c1ccc2c(nnn2C)c1C. The number of nitrogens with one attached hydrogen (secondary N) is 1. The van der Waals surface area contributed by atoms with E-state index in [1.165, 1.54) is 44.9 Å². The number of ketones is 1. The fraction of sp³-hybridized carbons (Fsp3) is 0.571. The summed E-state index contributed by atoms with van der Waals surface area (Å²) in [5.41, 5.74) is 6.15. The third-order valence-corrected chi connectivity index (χ3v) is 10.4. The molecule has 2 aromatic carbocycles. The van der Waals surface area contributed by atoms with E-state index in [0.717, 1.165) is 51.7 Å². The zero-order chi connectivity index (χ0) is 30.1. The van der Waals surface area contributed by atoms with E-state index in [4.69, 9.17) is 4.74 Å². The monoisotopic (exact) mass is 584 g/mol. The molecule has 0 radical (unpaired) electrons. The number of amides is 1. The highest BCUT2D eigenvalue weighted by molar-refractivity contribution is 6.04. The summed E-state index contributed by atoms with van der Waals surface area (Å²) in [6.07, 6.45) is 10.1. The van der Waals surface area contributed by atoms with Crippen LogP contribution in [0.4, 0.5) is 0 Å². The summed E-state index contributed by atoms with van der Waals surface area (Å²) >= 11 is 0. The standard InChI is InChI=1S/C35H44N4O4/c1-4-43-33(41)19-29(28-13-14-31-34(21(28)2)37-38-39(31)3)26-12-11-25-16-27(35(42)30(25)17-26)18-32(40)36-20-22-9-10-23-7-5-6-8-24(23)15-22/h11-14,17,22-24,27,29H,4-10,15-16,18-20H2,1-3H3,(H,36,40). The van der Waals surface area contributed by atoms with Crippen molar-refractivity contribution in [3.8, 4) is 0 Å². The molecule has 3 aliphatic rings. The van der Waals surface area contributed by atoms with Crippen LogP contribution in [-0.4, -0.2) is 45.8 Å². The van der Waals surface area contributed by atoms with Crippen molar-refractivity contribution >= 4 is 28.7 Å². The van der Waals surface area contributed by atoms with Crippen molar-refractivity contribution in [3.63, 3.8) is 0 Å². The summed E-state index contributed by atoms with van der Waals surface area (Å²) in [5.74, 6) is 1.36. The molecule has 1 heterocycles. The van der Waals surface area contributed by atoms with Crippen molar-refractivity contribution in [1.82, 2.24) is 20.3 Å². The first kappa shape index (κ1) is 29.5. The molecule has 0 aliphatic heterocycles. The summed E-state index contributed by atoms with van der Waals surface area (Å²) in [7, 11) is 1.86. The minimum Gasteiger partial charge on any atom is -0.466 e. The van der Waals surface area contributed by atoms with Crippen molar-refractivity contribution in [1.29, 1.82) is 0 Å². The lowest BCUT2D eigenvalue weighted by molar-refractivity contribution is -0.143. The Hall–Kier alpha value is -3.55.